The van der Waals surface area contributed by atoms with Crippen molar-refractivity contribution in [3.8, 4) is 11.5 Å². The molecule has 1 atom stereocenters. The SMILES string of the molecule is C=CCN(CCCC1C=Nc2cc(OC)c(OC)cc2CC1=O)CCc1ccc(Cl)cc1. The lowest BCUT2D eigenvalue weighted by Gasteiger charge is -2.21. The highest BCUT2D eigenvalue weighted by atomic mass is 35.5. The molecule has 0 radical (unpaired) electrons. The maximum absolute atomic E-state index is 12.9. The zero-order valence-corrected chi connectivity index (χ0v) is 19.6. The van der Waals surface area contributed by atoms with Gasteiger partial charge in [0.1, 0.15) is 5.78 Å². The van der Waals surface area contributed by atoms with Crippen LogP contribution in [0.25, 0.3) is 0 Å². The van der Waals surface area contributed by atoms with Crippen LogP contribution >= 0.6 is 11.6 Å². The standard InChI is InChI=1S/C26H31ClN2O3/c1-4-12-29(14-11-19-7-9-22(27)10-8-19)13-5-6-20-18-28-23-17-26(32-3)25(31-2)16-21(23)15-24(20)30/h4,7-10,16-18,20H,1,5-6,11-15H2,2-3H3. The summed E-state index contributed by atoms with van der Waals surface area (Å²) in [7, 11) is 3.19. The van der Waals surface area contributed by atoms with Crippen molar-refractivity contribution in [1.82, 2.24) is 4.90 Å². The Hall–Kier alpha value is -2.63. The van der Waals surface area contributed by atoms with Gasteiger partial charge in [0.2, 0.25) is 0 Å². The van der Waals surface area contributed by atoms with E-state index in [2.05, 4.69) is 28.6 Å². The number of ether oxygens (including phenoxy) is 2. The number of hydrogen-bond acceptors (Lipinski definition) is 5. The van der Waals surface area contributed by atoms with Crippen LogP contribution in [-0.4, -0.2) is 50.8 Å². The summed E-state index contributed by atoms with van der Waals surface area (Å²) >= 11 is 5.98. The van der Waals surface area contributed by atoms with E-state index in [-0.39, 0.29) is 11.7 Å². The Bertz CT molecular complexity index is 956. The minimum atomic E-state index is -0.179. The normalized spacial score (nSPS) is 15.4. The smallest absolute Gasteiger partial charge is 0.162 e. The number of Topliss-reactive ketones (excluding diaryl/α,β-unsaturated/α-hetero) is 1. The van der Waals surface area contributed by atoms with Crippen molar-refractivity contribution in [3.63, 3.8) is 0 Å². The first-order chi connectivity index (χ1) is 15.5. The molecule has 0 spiro atoms. The number of methoxy groups -OCH3 is 2. The zero-order chi connectivity index (χ0) is 22.9. The second kappa shape index (κ2) is 11.8. The molecule has 170 valence electrons. The summed E-state index contributed by atoms with van der Waals surface area (Å²) < 4.78 is 10.7. The van der Waals surface area contributed by atoms with Crippen molar-refractivity contribution in [3.05, 3.63) is 65.2 Å². The van der Waals surface area contributed by atoms with Crippen molar-refractivity contribution in [2.24, 2.45) is 10.9 Å². The van der Waals surface area contributed by atoms with Gasteiger partial charge in [0, 0.05) is 36.8 Å². The first kappa shape index (κ1) is 24.0. The van der Waals surface area contributed by atoms with Crippen molar-refractivity contribution in [2.75, 3.05) is 33.9 Å². The number of rotatable bonds is 11. The number of benzene rings is 2. The zero-order valence-electron chi connectivity index (χ0n) is 18.9. The van der Waals surface area contributed by atoms with E-state index in [1.165, 1.54) is 5.56 Å². The molecule has 0 bridgehead atoms. The molecule has 1 aliphatic heterocycles. The van der Waals surface area contributed by atoms with Gasteiger partial charge in [0.15, 0.2) is 11.5 Å². The topological polar surface area (TPSA) is 51.1 Å². The Labute approximate surface area is 195 Å². The average Bonchev–Trinajstić information content (AvgIpc) is 2.95. The van der Waals surface area contributed by atoms with Crippen LogP contribution in [0.2, 0.25) is 5.02 Å². The largest absolute Gasteiger partial charge is 0.493 e. The van der Waals surface area contributed by atoms with Crippen molar-refractivity contribution < 1.29 is 14.3 Å². The van der Waals surface area contributed by atoms with E-state index in [9.17, 15) is 4.79 Å². The van der Waals surface area contributed by atoms with Crippen LogP contribution in [0.3, 0.4) is 0 Å². The van der Waals surface area contributed by atoms with Crippen LogP contribution in [-0.2, 0) is 17.6 Å². The first-order valence-electron chi connectivity index (χ1n) is 10.9. The Balaban J connectivity index is 1.56. The van der Waals surface area contributed by atoms with Crippen molar-refractivity contribution in [2.45, 2.75) is 25.7 Å². The van der Waals surface area contributed by atoms with E-state index >= 15 is 0 Å². The molecule has 32 heavy (non-hydrogen) atoms. The Morgan fingerprint density at radius 2 is 1.88 bits per heavy atom. The van der Waals surface area contributed by atoms with Crippen LogP contribution in [0.5, 0.6) is 11.5 Å². The van der Waals surface area contributed by atoms with Gasteiger partial charge in [-0.05, 0) is 55.1 Å². The van der Waals surface area contributed by atoms with Crippen molar-refractivity contribution in [1.29, 1.82) is 0 Å². The van der Waals surface area contributed by atoms with Gasteiger partial charge >= 0.3 is 0 Å². The Morgan fingerprint density at radius 1 is 1.16 bits per heavy atom. The first-order valence-corrected chi connectivity index (χ1v) is 11.3. The number of ketones is 1. The fraction of sp³-hybridized carbons (Fsp3) is 0.385. The molecular formula is C26H31ClN2O3. The van der Waals surface area contributed by atoms with E-state index in [1.54, 1.807) is 20.4 Å². The lowest BCUT2D eigenvalue weighted by molar-refractivity contribution is -0.120. The quantitative estimate of drug-likeness (QED) is 0.431. The minimum absolute atomic E-state index is 0.179. The number of carbonyl (C=O) groups excluding carboxylic acids is 1. The number of hydrogen-bond donors (Lipinski definition) is 0. The number of halogens is 1. The third-order valence-electron chi connectivity index (χ3n) is 5.76. The average molecular weight is 455 g/mol. The fourth-order valence-corrected chi connectivity index (χ4v) is 4.06. The summed E-state index contributed by atoms with van der Waals surface area (Å²) in [6.45, 7) is 6.55. The third kappa shape index (κ3) is 6.44. The molecule has 0 fully saturated rings. The summed E-state index contributed by atoms with van der Waals surface area (Å²) in [5.41, 5.74) is 2.91. The number of nitrogens with zero attached hydrogens (tertiary/aromatic N) is 2. The van der Waals surface area contributed by atoms with Gasteiger partial charge < -0.3 is 9.47 Å². The molecule has 0 aromatic heterocycles. The van der Waals surface area contributed by atoms with Gasteiger partial charge in [-0.3, -0.25) is 14.7 Å². The molecular weight excluding hydrogens is 424 g/mol. The highest BCUT2D eigenvalue weighted by Crippen LogP contribution is 2.36. The summed E-state index contributed by atoms with van der Waals surface area (Å²) in [4.78, 5) is 19.8. The van der Waals surface area contributed by atoms with Gasteiger partial charge in [-0.1, -0.05) is 29.8 Å². The Kier molecular flexibility index (Phi) is 8.89. The van der Waals surface area contributed by atoms with Gasteiger partial charge in [0.05, 0.1) is 25.8 Å². The van der Waals surface area contributed by atoms with E-state index in [0.29, 0.717) is 17.9 Å². The second-order valence-electron chi connectivity index (χ2n) is 7.97. The summed E-state index contributed by atoms with van der Waals surface area (Å²) in [5.74, 6) is 1.25. The van der Waals surface area contributed by atoms with Gasteiger partial charge in [-0.25, -0.2) is 0 Å². The molecule has 0 amide bonds. The summed E-state index contributed by atoms with van der Waals surface area (Å²) in [5, 5.41) is 0.755. The van der Waals surface area contributed by atoms with Gasteiger partial charge in [0.25, 0.3) is 0 Å². The highest BCUT2D eigenvalue weighted by molar-refractivity contribution is 6.30. The van der Waals surface area contributed by atoms with Gasteiger partial charge in [-0.15, -0.1) is 6.58 Å². The summed E-state index contributed by atoms with van der Waals surface area (Å²) in [6, 6.07) is 11.7. The number of aliphatic imine (C=N–C) groups is 1. The lowest BCUT2D eigenvalue weighted by Crippen LogP contribution is -2.28. The van der Waals surface area contributed by atoms with Crippen LogP contribution in [0, 0.1) is 5.92 Å². The minimum Gasteiger partial charge on any atom is -0.493 e. The van der Waals surface area contributed by atoms with Crippen LogP contribution in [0.4, 0.5) is 5.69 Å². The fourth-order valence-electron chi connectivity index (χ4n) is 3.93. The van der Waals surface area contributed by atoms with Gasteiger partial charge in [-0.2, -0.15) is 0 Å². The highest BCUT2D eigenvalue weighted by Gasteiger charge is 2.23. The molecule has 5 nitrogen and oxygen atoms in total. The van der Waals surface area contributed by atoms with E-state index in [4.69, 9.17) is 21.1 Å². The second-order valence-corrected chi connectivity index (χ2v) is 8.41. The molecule has 0 saturated heterocycles. The maximum atomic E-state index is 12.9. The van der Waals surface area contributed by atoms with E-state index < -0.39 is 0 Å². The Morgan fingerprint density at radius 3 is 2.56 bits per heavy atom. The molecule has 0 N–H and O–H groups in total. The summed E-state index contributed by atoms with van der Waals surface area (Å²) in [6.07, 6.45) is 6.73. The lowest BCUT2D eigenvalue weighted by atomic mass is 9.95. The maximum Gasteiger partial charge on any atom is 0.162 e. The van der Waals surface area contributed by atoms with Crippen LogP contribution in [0.1, 0.15) is 24.0 Å². The third-order valence-corrected chi connectivity index (χ3v) is 6.02. The molecule has 0 saturated carbocycles. The predicted molar refractivity (Wildman–Crippen MR) is 131 cm³/mol. The van der Waals surface area contributed by atoms with E-state index in [1.807, 2.05) is 30.3 Å². The molecule has 2 aromatic carbocycles. The van der Waals surface area contributed by atoms with Crippen LogP contribution < -0.4 is 9.47 Å². The van der Waals surface area contributed by atoms with Crippen molar-refractivity contribution >= 4 is 29.3 Å². The number of fused-ring (bicyclic) bond motifs is 1. The molecule has 2 aromatic rings. The predicted octanol–water partition coefficient (Wildman–Crippen LogP) is 5.31. The van der Waals surface area contributed by atoms with Crippen LogP contribution in [0.15, 0.2) is 54.0 Å². The number of carbonyl (C=O) groups is 1. The molecule has 6 heteroatoms. The molecule has 3 rings (SSSR count). The molecule has 1 unspecified atom stereocenters. The van der Waals surface area contributed by atoms with E-state index in [0.717, 1.165) is 55.2 Å². The monoisotopic (exact) mass is 454 g/mol. The molecule has 1 heterocycles. The molecule has 1 aliphatic rings. The molecule has 0 aliphatic carbocycles.